The molecule has 0 rings (SSSR count). The van der Waals surface area contributed by atoms with Crippen LogP contribution in [0.2, 0.25) is 0 Å². The van der Waals surface area contributed by atoms with Crippen molar-refractivity contribution in [1.82, 2.24) is 0 Å². The predicted molar refractivity (Wildman–Crippen MR) is 71.6 cm³/mol. The molecule has 2 unspecified atom stereocenters. The zero-order valence-corrected chi connectivity index (χ0v) is 12.2. The summed E-state index contributed by atoms with van der Waals surface area (Å²) in [6.07, 6.45) is 4.87. The van der Waals surface area contributed by atoms with Crippen LogP contribution in [0.25, 0.3) is 0 Å². The van der Waals surface area contributed by atoms with Gasteiger partial charge in [0.15, 0.2) is 0 Å². The van der Waals surface area contributed by atoms with Crippen LogP contribution >= 0.6 is 11.6 Å². The fourth-order valence-electron chi connectivity index (χ4n) is 2.08. The highest BCUT2D eigenvalue weighted by Gasteiger charge is 2.22. The number of rotatable bonds is 7. The molecule has 0 amide bonds. The van der Waals surface area contributed by atoms with Crippen molar-refractivity contribution in [2.75, 3.05) is 0 Å². The van der Waals surface area contributed by atoms with E-state index < -0.39 is 0 Å². The van der Waals surface area contributed by atoms with E-state index in [0.717, 1.165) is 24.7 Å². The molecular formula is C14H29Cl. The highest BCUT2D eigenvalue weighted by molar-refractivity contribution is 6.23. The van der Waals surface area contributed by atoms with Crippen molar-refractivity contribution in [1.29, 1.82) is 0 Å². The van der Waals surface area contributed by atoms with Crippen molar-refractivity contribution in [3.05, 3.63) is 0 Å². The van der Waals surface area contributed by atoms with Crippen LogP contribution in [0.4, 0.5) is 0 Å². The van der Waals surface area contributed by atoms with Gasteiger partial charge in [-0.05, 0) is 37.5 Å². The Bertz CT molecular complexity index is 159. The quantitative estimate of drug-likeness (QED) is 0.509. The molecule has 0 nitrogen and oxygen atoms in total. The first-order chi connectivity index (χ1) is 6.74. The molecule has 0 aromatic carbocycles. The van der Waals surface area contributed by atoms with Crippen LogP contribution in [0.15, 0.2) is 0 Å². The molecule has 0 spiro atoms. The minimum Gasteiger partial charge on any atom is -0.120 e. The molecule has 0 aromatic heterocycles. The molecule has 0 saturated heterocycles. The summed E-state index contributed by atoms with van der Waals surface area (Å²) < 4.78 is 0. The molecule has 92 valence electrons. The summed E-state index contributed by atoms with van der Waals surface area (Å²) in [6.45, 7) is 13.6. The minimum atomic E-state index is 0.0187. The van der Waals surface area contributed by atoms with Gasteiger partial charge in [-0.15, -0.1) is 11.6 Å². The van der Waals surface area contributed by atoms with Gasteiger partial charge in [-0.1, -0.05) is 47.5 Å². The molecule has 0 radical (unpaired) electrons. The predicted octanol–water partition coefficient (Wildman–Crippen LogP) is 5.49. The average molecular weight is 233 g/mol. The Kier molecular flexibility index (Phi) is 6.91. The monoisotopic (exact) mass is 232 g/mol. The first-order valence-corrected chi connectivity index (χ1v) is 6.81. The third-order valence-corrected chi connectivity index (χ3v) is 3.67. The van der Waals surface area contributed by atoms with E-state index in [-0.39, 0.29) is 4.87 Å². The Morgan fingerprint density at radius 1 is 1.07 bits per heavy atom. The van der Waals surface area contributed by atoms with Crippen molar-refractivity contribution in [2.24, 2.45) is 17.8 Å². The first-order valence-electron chi connectivity index (χ1n) is 6.43. The molecule has 0 aliphatic carbocycles. The summed E-state index contributed by atoms with van der Waals surface area (Å²) in [6, 6.07) is 0. The molecule has 0 aliphatic heterocycles. The van der Waals surface area contributed by atoms with Crippen LogP contribution in [0.1, 0.15) is 67.2 Å². The van der Waals surface area contributed by atoms with Gasteiger partial charge in [0.1, 0.15) is 0 Å². The number of hydrogen-bond acceptors (Lipinski definition) is 0. The molecular weight excluding hydrogens is 204 g/mol. The summed E-state index contributed by atoms with van der Waals surface area (Å²) in [5.74, 6) is 2.34. The van der Waals surface area contributed by atoms with Gasteiger partial charge in [-0.25, -0.2) is 0 Å². The van der Waals surface area contributed by atoms with Crippen LogP contribution in [0.5, 0.6) is 0 Å². The fourth-order valence-corrected chi connectivity index (χ4v) is 2.52. The van der Waals surface area contributed by atoms with Crippen LogP contribution in [-0.4, -0.2) is 4.87 Å². The molecule has 1 heteroatoms. The largest absolute Gasteiger partial charge is 0.120 e. The lowest BCUT2D eigenvalue weighted by Gasteiger charge is -2.25. The van der Waals surface area contributed by atoms with E-state index in [9.17, 15) is 0 Å². The lowest BCUT2D eigenvalue weighted by Crippen LogP contribution is -2.19. The molecule has 0 fully saturated rings. The van der Waals surface area contributed by atoms with Crippen LogP contribution in [0.3, 0.4) is 0 Å². The Balaban J connectivity index is 3.74. The lowest BCUT2D eigenvalue weighted by molar-refractivity contribution is 0.354. The topological polar surface area (TPSA) is 0 Å². The van der Waals surface area contributed by atoms with Crippen molar-refractivity contribution in [3.63, 3.8) is 0 Å². The molecule has 2 atom stereocenters. The Morgan fingerprint density at radius 2 is 1.60 bits per heavy atom. The van der Waals surface area contributed by atoms with E-state index in [1.54, 1.807) is 0 Å². The standard InChI is InChI=1S/C14H29Cl/c1-11(2)10-14(6,15)9-7-8-13(5)12(3)4/h11-13H,7-10H2,1-6H3. The van der Waals surface area contributed by atoms with Crippen LogP contribution in [-0.2, 0) is 0 Å². The SMILES string of the molecule is CC(C)CC(C)(Cl)CCCC(C)C(C)C. The molecule has 0 N–H and O–H groups in total. The normalized spacial score (nSPS) is 18.2. The van der Waals surface area contributed by atoms with Gasteiger partial charge in [0.2, 0.25) is 0 Å². The smallest absolute Gasteiger partial charge is 0.0421 e. The average Bonchev–Trinajstić information content (AvgIpc) is 2.00. The van der Waals surface area contributed by atoms with E-state index in [0.29, 0.717) is 5.92 Å². The van der Waals surface area contributed by atoms with Gasteiger partial charge in [-0.3, -0.25) is 0 Å². The van der Waals surface area contributed by atoms with Crippen LogP contribution in [0, 0.1) is 17.8 Å². The molecule has 0 heterocycles. The Hall–Kier alpha value is 0.290. The molecule has 0 saturated carbocycles. The second-order valence-corrected chi connectivity index (χ2v) is 7.04. The number of halogens is 1. The second kappa shape index (κ2) is 6.78. The molecule has 15 heavy (non-hydrogen) atoms. The van der Waals surface area contributed by atoms with Crippen molar-refractivity contribution in [3.8, 4) is 0 Å². The number of hydrogen-bond donors (Lipinski definition) is 0. The first kappa shape index (κ1) is 15.3. The Labute approximate surface area is 102 Å². The van der Waals surface area contributed by atoms with Crippen LogP contribution < -0.4 is 0 Å². The maximum atomic E-state index is 6.49. The van der Waals surface area contributed by atoms with Gasteiger partial charge < -0.3 is 0 Å². The van der Waals surface area contributed by atoms with E-state index in [2.05, 4.69) is 41.5 Å². The van der Waals surface area contributed by atoms with E-state index >= 15 is 0 Å². The summed E-state index contributed by atoms with van der Waals surface area (Å²) >= 11 is 6.49. The van der Waals surface area contributed by atoms with Gasteiger partial charge in [0, 0.05) is 4.87 Å². The minimum absolute atomic E-state index is 0.0187. The van der Waals surface area contributed by atoms with E-state index in [1.165, 1.54) is 12.8 Å². The summed E-state index contributed by atoms with van der Waals surface area (Å²) in [5, 5.41) is 0. The van der Waals surface area contributed by atoms with Crippen molar-refractivity contribution < 1.29 is 0 Å². The van der Waals surface area contributed by atoms with Gasteiger partial charge in [-0.2, -0.15) is 0 Å². The summed E-state index contributed by atoms with van der Waals surface area (Å²) in [5.41, 5.74) is 0. The Morgan fingerprint density at radius 3 is 2.00 bits per heavy atom. The molecule has 0 bridgehead atoms. The zero-order valence-electron chi connectivity index (χ0n) is 11.4. The third-order valence-electron chi connectivity index (χ3n) is 3.33. The number of alkyl halides is 1. The van der Waals surface area contributed by atoms with E-state index in [1.807, 2.05) is 0 Å². The maximum Gasteiger partial charge on any atom is 0.0421 e. The van der Waals surface area contributed by atoms with Crippen molar-refractivity contribution >= 4 is 11.6 Å². The zero-order chi connectivity index (χ0) is 12.1. The molecule has 0 aromatic rings. The third kappa shape index (κ3) is 8.13. The fraction of sp³-hybridized carbons (Fsp3) is 1.00. The van der Waals surface area contributed by atoms with Crippen molar-refractivity contribution in [2.45, 2.75) is 72.1 Å². The van der Waals surface area contributed by atoms with Gasteiger partial charge in [0.25, 0.3) is 0 Å². The van der Waals surface area contributed by atoms with Gasteiger partial charge in [0.05, 0.1) is 0 Å². The summed E-state index contributed by atoms with van der Waals surface area (Å²) in [7, 11) is 0. The lowest BCUT2D eigenvalue weighted by atomic mass is 9.88. The maximum absolute atomic E-state index is 6.49. The molecule has 0 aliphatic rings. The highest BCUT2D eigenvalue weighted by atomic mass is 35.5. The van der Waals surface area contributed by atoms with Gasteiger partial charge >= 0.3 is 0 Å². The van der Waals surface area contributed by atoms with E-state index in [4.69, 9.17) is 11.6 Å². The summed E-state index contributed by atoms with van der Waals surface area (Å²) in [4.78, 5) is 0.0187. The second-order valence-electron chi connectivity index (χ2n) is 6.12. The highest BCUT2D eigenvalue weighted by Crippen LogP contribution is 2.30.